The Morgan fingerprint density at radius 3 is 1.65 bits per heavy atom. The molecule has 5 heteroatoms. The number of allylic oxidation sites excluding steroid dienone is 2. The summed E-state index contributed by atoms with van der Waals surface area (Å²) < 4.78 is 15.8. The van der Waals surface area contributed by atoms with Gasteiger partial charge < -0.3 is 11.5 Å². The van der Waals surface area contributed by atoms with Crippen LogP contribution >= 0.6 is 0 Å². The number of nitrogens with zero attached hydrogens (tertiary/aromatic N) is 2. The Labute approximate surface area is 301 Å². The number of hydrogen-bond acceptors (Lipinski definition) is 4. The second kappa shape index (κ2) is 17.8. The Balaban J connectivity index is 0.000000495. The summed E-state index contributed by atoms with van der Waals surface area (Å²) in [6, 6.07) is 57.4. The molecule has 6 aromatic carbocycles. The van der Waals surface area contributed by atoms with Crippen LogP contribution in [0.2, 0.25) is 0 Å². The van der Waals surface area contributed by atoms with Gasteiger partial charge in [0.05, 0.1) is 11.7 Å². The molecule has 1 fully saturated rings. The van der Waals surface area contributed by atoms with Gasteiger partial charge in [0, 0.05) is 24.4 Å². The molecule has 0 aliphatic carbocycles. The Kier molecular flexibility index (Phi) is 12.2. The van der Waals surface area contributed by atoms with E-state index >= 15 is 4.48 Å². The van der Waals surface area contributed by atoms with Crippen LogP contribution in [0, 0.1) is 0 Å². The molecule has 256 valence electrons. The summed E-state index contributed by atoms with van der Waals surface area (Å²) in [7, 11) is 0. The zero-order valence-corrected chi connectivity index (χ0v) is 28.9. The molecule has 0 saturated carbocycles. The summed E-state index contributed by atoms with van der Waals surface area (Å²) in [5.74, 6) is 0. The van der Waals surface area contributed by atoms with Gasteiger partial charge in [0.1, 0.15) is 0 Å². The first-order valence-corrected chi connectivity index (χ1v) is 17.5. The summed E-state index contributed by atoms with van der Waals surface area (Å²) in [5, 5.41) is 2.64. The van der Waals surface area contributed by atoms with E-state index in [0.717, 1.165) is 40.5 Å². The Bertz CT molecular complexity index is 1980. The number of hydrogen-bond donors (Lipinski definition) is 2. The van der Waals surface area contributed by atoms with E-state index < -0.39 is 0 Å². The summed E-state index contributed by atoms with van der Waals surface area (Å²) in [4.78, 5) is 0. The molecule has 0 amide bonds. The molecule has 2 unspecified atom stereocenters. The zero-order chi connectivity index (χ0) is 35.3. The molecule has 0 spiro atoms. The van der Waals surface area contributed by atoms with Gasteiger partial charge >= 0.3 is 0 Å². The van der Waals surface area contributed by atoms with Crippen LogP contribution in [0.1, 0.15) is 33.4 Å². The number of rotatable bonds is 12. The highest BCUT2D eigenvalue weighted by molar-refractivity contribution is 5.69. The minimum absolute atomic E-state index is 0.133. The van der Waals surface area contributed by atoms with Crippen molar-refractivity contribution >= 4 is 11.4 Å². The Hall–Kier alpha value is -5.75. The minimum Gasteiger partial charge on any atom is -0.398 e. The lowest BCUT2D eigenvalue weighted by Gasteiger charge is -2.20. The van der Waals surface area contributed by atoms with Gasteiger partial charge in [-0.15, -0.1) is 5.23 Å². The molecule has 51 heavy (non-hydrogen) atoms. The van der Waals surface area contributed by atoms with Crippen molar-refractivity contribution in [1.29, 1.82) is 0 Å². The highest BCUT2D eigenvalue weighted by atomic mass is 19.2. The van der Waals surface area contributed by atoms with Crippen molar-refractivity contribution in [3.63, 3.8) is 0 Å². The van der Waals surface area contributed by atoms with Crippen LogP contribution in [0.5, 0.6) is 0 Å². The van der Waals surface area contributed by atoms with Gasteiger partial charge in [0.2, 0.25) is 0 Å². The molecule has 4 nitrogen and oxygen atoms in total. The van der Waals surface area contributed by atoms with Crippen molar-refractivity contribution in [2.24, 2.45) is 11.5 Å². The van der Waals surface area contributed by atoms with E-state index in [0.29, 0.717) is 25.2 Å². The molecule has 6 aromatic rings. The third kappa shape index (κ3) is 10.1. The molecule has 1 saturated heterocycles. The van der Waals surface area contributed by atoms with E-state index in [1.165, 1.54) is 27.8 Å². The van der Waals surface area contributed by atoms with Crippen molar-refractivity contribution in [2.75, 3.05) is 6.54 Å². The first kappa shape index (κ1) is 35.1. The maximum atomic E-state index is 15.8. The van der Waals surface area contributed by atoms with Gasteiger partial charge in [-0.2, -0.15) is 5.01 Å². The summed E-state index contributed by atoms with van der Waals surface area (Å²) in [6.45, 7) is 1.33. The minimum atomic E-state index is 0.133. The van der Waals surface area contributed by atoms with Crippen LogP contribution in [0.3, 0.4) is 0 Å². The van der Waals surface area contributed by atoms with Gasteiger partial charge in [-0.25, -0.2) is 0 Å². The maximum Gasteiger partial charge on any atom is 0.0913 e. The lowest BCUT2D eigenvalue weighted by molar-refractivity contribution is -0.0446. The van der Waals surface area contributed by atoms with E-state index in [1.807, 2.05) is 103 Å². The van der Waals surface area contributed by atoms with Crippen LogP contribution in [0.25, 0.3) is 22.5 Å². The van der Waals surface area contributed by atoms with Gasteiger partial charge in [-0.05, 0) is 58.2 Å². The molecule has 0 aromatic heterocycles. The second-order valence-corrected chi connectivity index (χ2v) is 12.7. The second-order valence-electron chi connectivity index (χ2n) is 12.7. The molecular formula is C46H45FN4. The van der Waals surface area contributed by atoms with E-state index in [4.69, 9.17) is 11.5 Å². The Morgan fingerprint density at radius 1 is 0.569 bits per heavy atom. The third-order valence-electron chi connectivity index (χ3n) is 9.01. The fraction of sp³-hybridized carbons (Fsp3) is 0.130. The van der Waals surface area contributed by atoms with Crippen molar-refractivity contribution in [3.05, 3.63) is 215 Å². The molecule has 2 atom stereocenters. The zero-order valence-electron chi connectivity index (χ0n) is 28.9. The van der Waals surface area contributed by atoms with Crippen molar-refractivity contribution in [1.82, 2.24) is 10.2 Å². The predicted octanol–water partition coefficient (Wildman–Crippen LogP) is 9.65. The van der Waals surface area contributed by atoms with Gasteiger partial charge in [-0.3, -0.25) is 0 Å². The number of benzene rings is 6. The van der Waals surface area contributed by atoms with Crippen LogP contribution in [0.4, 0.5) is 4.48 Å². The third-order valence-corrected chi connectivity index (χ3v) is 9.01. The standard InChI is InChI=1S/C39H36FN3.C7H9N/c40-43(39(36-14-8-3-9-15-36)27-21-30-10-4-1-5-11-30)42-29-37(42)28-32-18-16-31(17-19-32)20-26-38(41)35-24-22-34(23-25-35)33-12-6-2-7-13-33;8-6-7-4-2-1-3-5-7/h1-19,22-27,37H,20-21,28-29,41H2;1-5H,6,8H2/b38-26-,39-27-;. The predicted molar refractivity (Wildman–Crippen MR) is 210 cm³/mol. The smallest absolute Gasteiger partial charge is 0.0913 e. The van der Waals surface area contributed by atoms with Crippen molar-refractivity contribution in [3.8, 4) is 11.1 Å². The fourth-order valence-corrected chi connectivity index (χ4v) is 5.96. The van der Waals surface area contributed by atoms with E-state index in [9.17, 15) is 0 Å². The monoisotopic (exact) mass is 672 g/mol. The highest BCUT2D eigenvalue weighted by Crippen LogP contribution is 2.32. The molecule has 4 N–H and O–H groups in total. The summed E-state index contributed by atoms with van der Waals surface area (Å²) >= 11 is 0. The maximum absolute atomic E-state index is 15.8. The van der Waals surface area contributed by atoms with Crippen LogP contribution in [-0.2, 0) is 25.8 Å². The molecule has 0 bridgehead atoms. The number of nitrogens with two attached hydrogens (primary N) is 2. The average Bonchev–Trinajstić information content (AvgIpc) is 3.98. The van der Waals surface area contributed by atoms with E-state index in [1.54, 1.807) is 5.01 Å². The summed E-state index contributed by atoms with van der Waals surface area (Å²) in [6.07, 6.45) is 6.28. The van der Waals surface area contributed by atoms with Gasteiger partial charge in [0.15, 0.2) is 0 Å². The van der Waals surface area contributed by atoms with Crippen LogP contribution < -0.4 is 11.5 Å². The van der Waals surface area contributed by atoms with Gasteiger partial charge in [-0.1, -0.05) is 186 Å². The topological polar surface area (TPSA) is 58.3 Å². The first-order chi connectivity index (χ1) is 25.1. The lowest BCUT2D eigenvalue weighted by Crippen LogP contribution is -2.22. The number of hydrazine groups is 1. The normalized spacial score (nSPS) is 15.4. The molecule has 0 radical (unpaired) electrons. The quantitative estimate of drug-likeness (QED) is 0.100. The SMILES string of the molecule is N/C(=C\Cc1ccc(CC2CN2N(F)/C(=C\Cc2ccccc2)c2ccccc2)cc1)c1ccc(-c2ccccc2)cc1.NCc1ccccc1. The largest absolute Gasteiger partial charge is 0.398 e. The lowest BCUT2D eigenvalue weighted by atomic mass is 10.0. The fourth-order valence-electron chi connectivity index (χ4n) is 5.96. The first-order valence-electron chi connectivity index (χ1n) is 17.5. The molecular weight excluding hydrogens is 628 g/mol. The summed E-state index contributed by atoms with van der Waals surface area (Å²) in [5.41, 5.74) is 22.1. The average molecular weight is 673 g/mol. The highest BCUT2D eigenvalue weighted by Gasteiger charge is 2.40. The molecule has 1 aliphatic rings. The van der Waals surface area contributed by atoms with Crippen molar-refractivity contribution < 1.29 is 4.48 Å². The molecule has 7 rings (SSSR count). The number of halogens is 1. The van der Waals surface area contributed by atoms with Crippen molar-refractivity contribution in [2.45, 2.75) is 31.8 Å². The van der Waals surface area contributed by atoms with E-state index in [2.05, 4.69) is 78.9 Å². The molecule has 1 aliphatic heterocycles. The Morgan fingerprint density at radius 2 is 1.06 bits per heavy atom. The van der Waals surface area contributed by atoms with E-state index in [-0.39, 0.29) is 6.04 Å². The van der Waals surface area contributed by atoms with Gasteiger partial charge in [0.25, 0.3) is 0 Å². The van der Waals surface area contributed by atoms with Crippen LogP contribution in [-0.4, -0.2) is 22.8 Å². The molecule has 1 heterocycles. The van der Waals surface area contributed by atoms with Crippen LogP contribution in [0.15, 0.2) is 182 Å².